The van der Waals surface area contributed by atoms with Crippen LogP contribution in [0, 0.1) is 13.8 Å². The third kappa shape index (κ3) is 3.11. The van der Waals surface area contributed by atoms with Crippen molar-refractivity contribution in [2.75, 3.05) is 26.2 Å². The van der Waals surface area contributed by atoms with Gasteiger partial charge in [-0.15, -0.1) is 0 Å². The fourth-order valence-corrected chi connectivity index (χ4v) is 4.63. The molecule has 1 amide bonds. The summed E-state index contributed by atoms with van der Waals surface area (Å²) in [6, 6.07) is 2.58. The van der Waals surface area contributed by atoms with Gasteiger partial charge in [0.25, 0.3) is 5.91 Å². The van der Waals surface area contributed by atoms with Crippen LogP contribution in [0.5, 0.6) is 0 Å². The Morgan fingerprint density at radius 3 is 2.46 bits per heavy atom. The molecule has 2 aliphatic rings. The smallest absolute Gasteiger partial charge is 0.254 e. The number of hydrogen-bond acceptors (Lipinski definition) is 4. The largest absolute Gasteiger partial charge is 0.339 e. The van der Waals surface area contributed by atoms with Gasteiger partial charge in [-0.05, 0) is 58.7 Å². The predicted octanol–water partition coefficient (Wildman–Crippen LogP) is 2.68. The summed E-state index contributed by atoms with van der Waals surface area (Å²) in [6.45, 7) is 8.07. The Bertz CT molecular complexity index is 813. The molecule has 0 atom stereocenters. The highest BCUT2D eigenvalue weighted by Crippen LogP contribution is 2.26. The van der Waals surface area contributed by atoms with Gasteiger partial charge in [0.05, 0.1) is 16.6 Å². The Kier molecular flexibility index (Phi) is 4.69. The van der Waals surface area contributed by atoms with Crippen molar-refractivity contribution in [2.24, 2.45) is 7.05 Å². The SMILES string of the molecule is Cc1cc(C(=O)N2CCC(N3CCCCC3)CC2)c2c(C)nn(C)c2n1. The van der Waals surface area contributed by atoms with Crippen LogP contribution in [-0.4, -0.2) is 62.7 Å². The molecule has 4 heterocycles. The van der Waals surface area contributed by atoms with E-state index in [9.17, 15) is 4.79 Å². The first-order valence-electron chi connectivity index (χ1n) is 9.89. The predicted molar refractivity (Wildman–Crippen MR) is 102 cm³/mol. The fourth-order valence-electron chi connectivity index (χ4n) is 4.63. The molecular formula is C20H29N5O. The van der Waals surface area contributed by atoms with Crippen molar-refractivity contribution in [3.8, 4) is 0 Å². The first-order chi connectivity index (χ1) is 12.5. The molecule has 6 heteroatoms. The maximum Gasteiger partial charge on any atom is 0.254 e. The molecule has 140 valence electrons. The summed E-state index contributed by atoms with van der Waals surface area (Å²) in [5.41, 5.74) is 3.30. The van der Waals surface area contributed by atoms with Crippen molar-refractivity contribution in [3.63, 3.8) is 0 Å². The topological polar surface area (TPSA) is 54.3 Å². The van der Waals surface area contributed by atoms with Crippen molar-refractivity contribution >= 4 is 16.9 Å². The highest BCUT2D eigenvalue weighted by molar-refractivity contribution is 6.06. The van der Waals surface area contributed by atoms with Crippen molar-refractivity contribution in [1.82, 2.24) is 24.6 Å². The van der Waals surface area contributed by atoms with E-state index in [1.165, 1.54) is 32.4 Å². The molecule has 26 heavy (non-hydrogen) atoms. The van der Waals surface area contributed by atoms with Crippen LogP contribution in [0.1, 0.15) is 53.8 Å². The minimum Gasteiger partial charge on any atom is -0.339 e. The van der Waals surface area contributed by atoms with Gasteiger partial charge >= 0.3 is 0 Å². The molecule has 0 aliphatic carbocycles. The summed E-state index contributed by atoms with van der Waals surface area (Å²) >= 11 is 0. The third-order valence-corrected chi connectivity index (χ3v) is 5.99. The number of aryl methyl sites for hydroxylation is 3. The zero-order chi connectivity index (χ0) is 18.3. The number of piperidine rings is 2. The molecule has 2 aromatic rings. The highest BCUT2D eigenvalue weighted by Gasteiger charge is 2.29. The van der Waals surface area contributed by atoms with Gasteiger partial charge in [-0.1, -0.05) is 6.42 Å². The van der Waals surface area contributed by atoms with Crippen molar-refractivity contribution in [3.05, 3.63) is 23.0 Å². The Balaban J connectivity index is 1.53. The number of fused-ring (bicyclic) bond motifs is 1. The van der Waals surface area contributed by atoms with Gasteiger partial charge in [0.15, 0.2) is 5.65 Å². The molecule has 2 saturated heterocycles. The zero-order valence-electron chi connectivity index (χ0n) is 16.2. The zero-order valence-corrected chi connectivity index (χ0v) is 16.2. The van der Waals surface area contributed by atoms with Crippen LogP contribution in [0.3, 0.4) is 0 Å². The van der Waals surface area contributed by atoms with Crippen LogP contribution in [0.15, 0.2) is 6.07 Å². The summed E-state index contributed by atoms with van der Waals surface area (Å²) < 4.78 is 1.77. The monoisotopic (exact) mass is 355 g/mol. The second-order valence-corrected chi connectivity index (χ2v) is 7.84. The fraction of sp³-hybridized carbons (Fsp3) is 0.650. The van der Waals surface area contributed by atoms with Gasteiger partial charge in [-0.2, -0.15) is 5.10 Å². The molecule has 0 unspecified atom stereocenters. The van der Waals surface area contributed by atoms with Gasteiger partial charge in [0, 0.05) is 31.9 Å². The van der Waals surface area contributed by atoms with Gasteiger partial charge in [0.2, 0.25) is 0 Å². The lowest BCUT2D eigenvalue weighted by Crippen LogP contribution is -2.48. The van der Waals surface area contributed by atoms with E-state index in [2.05, 4.69) is 15.0 Å². The quantitative estimate of drug-likeness (QED) is 0.831. The van der Waals surface area contributed by atoms with Crippen molar-refractivity contribution in [1.29, 1.82) is 0 Å². The molecule has 0 N–H and O–H groups in total. The molecule has 2 aromatic heterocycles. The number of hydrogen-bond donors (Lipinski definition) is 0. The Morgan fingerprint density at radius 1 is 1.08 bits per heavy atom. The van der Waals surface area contributed by atoms with E-state index < -0.39 is 0 Å². The number of aromatic nitrogens is 3. The summed E-state index contributed by atoms with van der Waals surface area (Å²) in [7, 11) is 1.89. The summed E-state index contributed by atoms with van der Waals surface area (Å²) in [6.07, 6.45) is 6.20. The number of carbonyl (C=O) groups excluding carboxylic acids is 1. The Hall–Kier alpha value is -1.95. The first kappa shape index (κ1) is 17.5. The lowest BCUT2D eigenvalue weighted by molar-refractivity contribution is 0.0591. The van der Waals surface area contributed by atoms with Crippen LogP contribution in [0.4, 0.5) is 0 Å². The minimum atomic E-state index is 0.133. The van der Waals surface area contributed by atoms with E-state index in [0.29, 0.717) is 6.04 Å². The minimum absolute atomic E-state index is 0.133. The van der Waals surface area contributed by atoms with Crippen LogP contribution in [-0.2, 0) is 7.05 Å². The average Bonchev–Trinajstić information content (AvgIpc) is 2.95. The van der Waals surface area contributed by atoms with Crippen molar-refractivity contribution < 1.29 is 4.79 Å². The number of carbonyl (C=O) groups is 1. The third-order valence-electron chi connectivity index (χ3n) is 5.99. The second-order valence-electron chi connectivity index (χ2n) is 7.84. The van der Waals surface area contributed by atoms with Crippen LogP contribution < -0.4 is 0 Å². The standard InChI is InChI=1S/C20H29N5O/c1-14-13-17(18-15(2)22-23(3)19(18)21-14)20(26)25-11-7-16(8-12-25)24-9-5-4-6-10-24/h13,16H,4-12H2,1-3H3. The summed E-state index contributed by atoms with van der Waals surface area (Å²) in [4.78, 5) is 22.5. The molecule has 2 aliphatic heterocycles. The molecular weight excluding hydrogens is 326 g/mol. The van der Waals surface area contributed by atoms with E-state index in [1.54, 1.807) is 4.68 Å². The van der Waals surface area contributed by atoms with Crippen LogP contribution in [0.2, 0.25) is 0 Å². The van der Waals surface area contributed by atoms with E-state index in [0.717, 1.165) is 53.9 Å². The van der Waals surface area contributed by atoms with Crippen molar-refractivity contribution in [2.45, 2.75) is 52.0 Å². The van der Waals surface area contributed by atoms with E-state index in [-0.39, 0.29) is 5.91 Å². The molecule has 4 rings (SSSR count). The van der Waals surface area contributed by atoms with E-state index in [4.69, 9.17) is 0 Å². The molecule has 2 fully saturated rings. The molecule has 0 aromatic carbocycles. The normalized spacial score (nSPS) is 20.0. The molecule has 0 spiro atoms. The van der Waals surface area contributed by atoms with Crippen LogP contribution >= 0.6 is 0 Å². The Morgan fingerprint density at radius 2 is 1.77 bits per heavy atom. The first-order valence-corrected chi connectivity index (χ1v) is 9.89. The number of amides is 1. The molecule has 0 radical (unpaired) electrons. The van der Waals surface area contributed by atoms with Gasteiger partial charge < -0.3 is 9.80 Å². The molecule has 6 nitrogen and oxygen atoms in total. The maximum atomic E-state index is 13.3. The number of pyridine rings is 1. The average molecular weight is 355 g/mol. The van der Waals surface area contributed by atoms with Crippen LogP contribution in [0.25, 0.3) is 11.0 Å². The summed E-state index contributed by atoms with van der Waals surface area (Å²) in [5, 5.41) is 5.37. The van der Waals surface area contributed by atoms with Gasteiger partial charge in [-0.3, -0.25) is 9.48 Å². The second kappa shape index (κ2) is 6.99. The molecule has 0 bridgehead atoms. The van der Waals surface area contributed by atoms with Gasteiger partial charge in [-0.25, -0.2) is 4.98 Å². The number of nitrogens with zero attached hydrogens (tertiary/aromatic N) is 5. The molecule has 0 saturated carbocycles. The maximum absolute atomic E-state index is 13.3. The lowest BCUT2D eigenvalue weighted by Gasteiger charge is -2.40. The Labute approximate surface area is 155 Å². The highest BCUT2D eigenvalue weighted by atomic mass is 16.2. The van der Waals surface area contributed by atoms with E-state index >= 15 is 0 Å². The summed E-state index contributed by atoms with van der Waals surface area (Å²) in [5.74, 6) is 0.133. The number of likely N-dealkylation sites (tertiary alicyclic amines) is 2. The van der Waals surface area contributed by atoms with E-state index in [1.807, 2.05) is 31.9 Å². The lowest BCUT2D eigenvalue weighted by atomic mass is 9.99. The van der Waals surface area contributed by atoms with Gasteiger partial charge in [0.1, 0.15) is 0 Å². The number of rotatable bonds is 2.